The molecule has 30 heavy (non-hydrogen) atoms. The SMILES string of the molecule is COc1ncc(-c2nc(N[C@@H]3CCc4ccccc43)c3ccccc3n2)c(OC)n1. The summed E-state index contributed by atoms with van der Waals surface area (Å²) in [5, 5.41) is 4.62. The van der Waals surface area contributed by atoms with Gasteiger partial charge in [0.05, 0.1) is 25.8 Å². The first-order chi connectivity index (χ1) is 14.8. The third-order valence-corrected chi connectivity index (χ3v) is 5.40. The molecule has 0 amide bonds. The van der Waals surface area contributed by atoms with Crippen molar-refractivity contribution in [1.82, 2.24) is 19.9 Å². The summed E-state index contributed by atoms with van der Waals surface area (Å²) in [6, 6.07) is 17.0. The lowest BCUT2D eigenvalue weighted by Crippen LogP contribution is -2.10. The summed E-state index contributed by atoms with van der Waals surface area (Å²) in [6.07, 6.45) is 3.72. The second kappa shape index (κ2) is 7.59. The van der Waals surface area contributed by atoms with E-state index < -0.39 is 0 Å². The number of para-hydroxylation sites is 1. The topological polar surface area (TPSA) is 82.1 Å². The molecule has 0 aliphatic heterocycles. The Morgan fingerprint density at radius 1 is 0.933 bits per heavy atom. The Labute approximate surface area is 174 Å². The molecule has 2 heterocycles. The molecule has 4 aromatic rings. The molecule has 0 saturated carbocycles. The largest absolute Gasteiger partial charge is 0.480 e. The lowest BCUT2D eigenvalue weighted by molar-refractivity contribution is 0.353. The summed E-state index contributed by atoms with van der Waals surface area (Å²) < 4.78 is 10.6. The number of ether oxygens (including phenoxy) is 2. The van der Waals surface area contributed by atoms with E-state index in [-0.39, 0.29) is 12.1 Å². The molecule has 2 aromatic carbocycles. The van der Waals surface area contributed by atoms with Crippen molar-refractivity contribution in [3.63, 3.8) is 0 Å². The van der Waals surface area contributed by atoms with Gasteiger partial charge in [-0.15, -0.1) is 0 Å². The van der Waals surface area contributed by atoms with E-state index in [2.05, 4.69) is 39.6 Å². The van der Waals surface area contributed by atoms with Crippen LogP contribution in [0, 0.1) is 0 Å². The molecule has 5 rings (SSSR count). The zero-order valence-electron chi connectivity index (χ0n) is 16.8. The van der Waals surface area contributed by atoms with Crippen molar-refractivity contribution in [2.75, 3.05) is 19.5 Å². The van der Waals surface area contributed by atoms with Crippen molar-refractivity contribution in [3.8, 4) is 23.3 Å². The fraction of sp³-hybridized carbons (Fsp3) is 0.217. The normalized spacial score (nSPS) is 15.1. The molecule has 7 nitrogen and oxygen atoms in total. The van der Waals surface area contributed by atoms with Crippen LogP contribution in [0.1, 0.15) is 23.6 Å². The molecule has 2 aromatic heterocycles. The molecule has 7 heteroatoms. The number of nitrogens with one attached hydrogen (secondary N) is 1. The first-order valence-corrected chi connectivity index (χ1v) is 9.83. The van der Waals surface area contributed by atoms with E-state index in [0.717, 1.165) is 29.6 Å². The van der Waals surface area contributed by atoms with Crippen LogP contribution in [0.15, 0.2) is 54.7 Å². The third kappa shape index (κ3) is 3.18. The summed E-state index contributed by atoms with van der Waals surface area (Å²) in [5.41, 5.74) is 4.17. The summed E-state index contributed by atoms with van der Waals surface area (Å²) in [7, 11) is 3.07. The molecular weight excluding hydrogens is 378 g/mol. The van der Waals surface area contributed by atoms with Crippen LogP contribution < -0.4 is 14.8 Å². The van der Waals surface area contributed by atoms with Gasteiger partial charge in [-0.05, 0) is 36.1 Å². The molecular formula is C23H21N5O2. The van der Waals surface area contributed by atoms with Gasteiger partial charge >= 0.3 is 6.01 Å². The van der Waals surface area contributed by atoms with Gasteiger partial charge in [-0.25, -0.2) is 15.0 Å². The lowest BCUT2D eigenvalue weighted by Gasteiger charge is -2.17. The molecule has 0 radical (unpaired) electrons. The fourth-order valence-corrected chi connectivity index (χ4v) is 3.94. The van der Waals surface area contributed by atoms with Gasteiger partial charge in [-0.2, -0.15) is 4.98 Å². The van der Waals surface area contributed by atoms with Gasteiger partial charge in [0.2, 0.25) is 5.88 Å². The van der Waals surface area contributed by atoms with Crippen molar-refractivity contribution < 1.29 is 9.47 Å². The quantitative estimate of drug-likeness (QED) is 0.538. The van der Waals surface area contributed by atoms with E-state index in [9.17, 15) is 0 Å². The maximum atomic E-state index is 5.44. The Hall–Kier alpha value is -3.74. The average Bonchev–Trinajstić information content (AvgIpc) is 3.21. The minimum Gasteiger partial charge on any atom is -0.480 e. The van der Waals surface area contributed by atoms with Gasteiger partial charge in [0.25, 0.3) is 0 Å². The van der Waals surface area contributed by atoms with Crippen LogP contribution in [-0.2, 0) is 6.42 Å². The highest BCUT2D eigenvalue weighted by Gasteiger charge is 2.24. The summed E-state index contributed by atoms with van der Waals surface area (Å²) in [6.45, 7) is 0. The third-order valence-electron chi connectivity index (χ3n) is 5.40. The molecule has 1 aliphatic carbocycles. The first-order valence-electron chi connectivity index (χ1n) is 9.83. The molecule has 0 spiro atoms. The van der Waals surface area contributed by atoms with Crippen LogP contribution in [0.4, 0.5) is 5.82 Å². The van der Waals surface area contributed by atoms with Gasteiger partial charge in [-0.1, -0.05) is 36.4 Å². The Bertz CT molecular complexity index is 1230. The maximum Gasteiger partial charge on any atom is 0.319 e. The average molecular weight is 399 g/mol. The van der Waals surface area contributed by atoms with Gasteiger partial charge in [-0.3, -0.25) is 0 Å². The highest BCUT2D eigenvalue weighted by atomic mass is 16.5. The van der Waals surface area contributed by atoms with E-state index in [0.29, 0.717) is 17.3 Å². The zero-order chi connectivity index (χ0) is 20.5. The predicted molar refractivity (Wildman–Crippen MR) is 115 cm³/mol. The molecule has 0 fully saturated rings. The van der Waals surface area contributed by atoms with Crippen molar-refractivity contribution in [1.29, 1.82) is 0 Å². The highest BCUT2D eigenvalue weighted by Crippen LogP contribution is 2.36. The summed E-state index contributed by atoms with van der Waals surface area (Å²) >= 11 is 0. The summed E-state index contributed by atoms with van der Waals surface area (Å²) in [4.78, 5) is 18.1. The first kappa shape index (κ1) is 18.3. The number of aryl methyl sites for hydroxylation is 1. The molecule has 0 saturated heterocycles. The number of benzene rings is 2. The Morgan fingerprint density at radius 3 is 2.63 bits per heavy atom. The number of nitrogens with zero attached hydrogens (tertiary/aromatic N) is 4. The van der Waals surface area contributed by atoms with Crippen molar-refractivity contribution >= 4 is 16.7 Å². The number of rotatable bonds is 5. The summed E-state index contributed by atoms with van der Waals surface area (Å²) in [5.74, 6) is 1.66. The zero-order valence-corrected chi connectivity index (χ0v) is 16.8. The fourth-order valence-electron chi connectivity index (χ4n) is 3.94. The second-order valence-corrected chi connectivity index (χ2v) is 7.13. The second-order valence-electron chi connectivity index (χ2n) is 7.13. The Morgan fingerprint density at radius 2 is 1.77 bits per heavy atom. The smallest absolute Gasteiger partial charge is 0.319 e. The van der Waals surface area contributed by atoms with Crippen LogP contribution in [0.5, 0.6) is 11.9 Å². The standard InChI is InChI=1S/C23H21N5O2/c1-29-22-17(13-24-23(28-22)30-2)21-25-18-10-6-5-9-16(18)20(27-21)26-19-12-11-14-7-3-4-8-15(14)19/h3-10,13,19H,11-12H2,1-2H3,(H,25,26,27)/t19-/m1/s1. The van der Waals surface area contributed by atoms with Gasteiger partial charge in [0.15, 0.2) is 5.82 Å². The number of hydrogen-bond acceptors (Lipinski definition) is 7. The number of anilines is 1. The van der Waals surface area contributed by atoms with Crippen molar-refractivity contribution in [2.45, 2.75) is 18.9 Å². The minimum absolute atomic E-state index is 0.210. The van der Waals surface area contributed by atoms with Gasteiger partial charge < -0.3 is 14.8 Å². The van der Waals surface area contributed by atoms with Crippen LogP contribution in [0.25, 0.3) is 22.3 Å². The van der Waals surface area contributed by atoms with Crippen molar-refractivity contribution in [2.24, 2.45) is 0 Å². The Kier molecular flexibility index (Phi) is 4.63. The highest BCUT2D eigenvalue weighted by molar-refractivity contribution is 5.91. The van der Waals surface area contributed by atoms with Crippen LogP contribution in [0.2, 0.25) is 0 Å². The predicted octanol–water partition coefficient (Wildman–Crippen LogP) is 4.20. The van der Waals surface area contributed by atoms with Crippen molar-refractivity contribution in [3.05, 3.63) is 65.9 Å². The maximum absolute atomic E-state index is 5.44. The Balaban J connectivity index is 1.61. The number of fused-ring (bicyclic) bond motifs is 2. The van der Waals surface area contributed by atoms with Crippen LogP contribution in [-0.4, -0.2) is 34.2 Å². The number of aromatic nitrogens is 4. The van der Waals surface area contributed by atoms with E-state index in [1.165, 1.54) is 18.2 Å². The molecule has 150 valence electrons. The number of hydrogen-bond donors (Lipinski definition) is 1. The van der Waals surface area contributed by atoms with E-state index >= 15 is 0 Å². The molecule has 0 unspecified atom stereocenters. The van der Waals surface area contributed by atoms with E-state index in [4.69, 9.17) is 19.4 Å². The van der Waals surface area contributed by atoms with E-state index in [1.807, 2.05) is 24.3 Å². The molecule has 1 N–H and O–H groups in total. The monoisotopic (exact) mass is 399 g/mol. The van der Waals surface area contributed by atoms with Crippen LogP contribution in [0.3, 0.4) is 0 Å². The van der Waals surface area contributed by atoms with Gasteiger partial charge in [0, 0.05) is 11.6 Å². The minimum atomic E-state index is 0.210. The molecule has 0 bridgehead atoms. The molecule has 1 aliphatic rings. The number of methoxy groups -OCH3 is 2. The van der Waals surface area contributed by atoms with Crippen LogP contribution >= 0.6 is 0 Å². The lowest BCUT2D eigenvalue weighted by atomic mass is 10.1. The van der Waals surface area contributed by atoms with Gasteiger partial charge in [0.1, 0.15) is 11.4 Å². The van der Waals surface area contributed by atoms with E-state index in [1.54, 1.807) is 13.3 Å². The molecule has 1 atom stereocenters.